The van der Waals surface area contributed by atoms with Crippen molar-refractivity contribution >= 4 is 16.8 Å². The Kier molecular flexibility index (Phi) is 5.30. The van der Waals surface area contributed by atoms with Crippen LogP contribution >= 0.6 is 0 Å². The molecule has 3 heterocycles. The van der Waals surface area contributed by atoms with Gasteiger partial charge in [0.1, 0.15) is 11.3 Å². The second-order valence-corrected chi connectivity index (χ2v) is 7.53. The van der Waals surface area contributed by atoms with Crippen molar-refractivity contribution in [3.05, 3.63) is 70.4 Å². The summed E-state index contributed by atoms with van der Waals surface area (Å²) in [5.41, 5.74) is 0.809. The zero-order valence-electron chi connectivity index (χ0n) is 16.1. The molecule has 0 spiro atoms. The van der Waals surface area contributed by atoms with Crippen LogP contribution in [0.25, 0.3) is 10.9 Å². The van der Waals surface area contributed by atoms with E-state index in [2.05, 4.69) is 10.2 Å². The van der Waals surface area contributed by atoms with Crippen molar-refractivity contribution in [1.29, 1.82) is 0 Å². The summed E-state index contributed by atoms with van der Waals surface area (Å²) in [5, 5.41) is 3.55. The van der Waals surface area contributed by atoms with Crippen LogP contribution in [-0.4, -0.2) is 35.0 Å². The van der Waals surface area contributed by atoms with E-state index < -0.39 is 0 Å². The van der Waals surface area contributed by atoms with Crippen molar-refractivity contribution < 1.29 is 9.21 Å². The average molecular weight is 379 g/mol. The van der Waals surface area contributed by atoms with E-state index in [1.165, 1.54) is 0 Å². The number of nitrogens with one attached hydrogen (secondary N) is 1. The average Bonchev–Trinajstić information content (AvgIpc) is 3.22. The van der Waals surface area contributed by atoms with E-state index in [0.29, 0.717) is 17.8 Å². The van der Waals surface area contributed by atoms with Gasteiger partial charge in [0.05, 0.1) is 18.3 Å². The van der Waals surface area contributed by atoms with Crippen LogP contribution in [0.5, 0.6) is 0 Å². The van der Waals surface area contributed by atoms with Crippen LogP contribution in [0.2, 0.25) is 0 Å². The number of hydrogen-bond donors (Lipinski definition) is 1. The number of rotatable bonds is 5. The third-order valence-corrected chi connectivity index (χ3v) is 5.45. The summed E-state index contributed by atoms with van der Waals surface area (Å²) in [4.78, 5) is 27.8. The minimum absolute atomic E-state index is 0.199. The van der Waals surface area contributed by atoms with Gasteiger partial charge in [-0.05, 0) is 49.6 Å². The van der Waals surface area contributed by atoms with Crippen LogP contribution in [0.3, 0.4) is 0 Å². The minimum Gasteiger partial charge on any atom is -0.468 e. The first-order chi connectivity index (χ1) is 13.6. The molecule has 1 aliphatic rings. The van der Waals surface area contributed by atoms with Crippen LogP contribution in [0.4, 0.5) is 0 Å². The van der Waals surface area contributed by atoms with Crippen molar-refractivity contribution in [2.45, 2.75) is 19.4 Å². The third kappa shape index (κ3) is 3.87. The second kappa shape index (κ2) is 8.02. The van der Waals surface area contributed by atoms with E-state index in [-0.39, 0.29) is 16.9 Å². The van der Waals surface area contributed by atoms with Gasteiger partial charge in [0.15, 0.2) is 0 Å². The molecule has 1 amide bonds. The molecule has 1 fully saturated rings. The molecule has 146 valence electrons. The molecule has 1 atom stereocenters. The second-order valence-electron chi connectivity index (χ2n) is 7.53. The van der Waals surface area contributed by atoms with Crippen LogP contribution in [-0.2, 0) is 13.6 Å². The molecule has 0 radical (unpaired) electrons. The van der Waals surface area contributed by atoms with Gasteiger partial charge in [0.2, 0.25) is 5.43 Å². The van der Waals surface area contributed by atoms with Crippen molar-refractivity contribution in [3.8, 4) is 0 Å². The van der Waals surface area contributed by atoms with Gasteiger partial charge in [-0.1, -0.05) is 12.1 Å². The molecule has 6 nitrogen and oxygen atoms in total. The lowest BCUT2D eigenvalue weighted by molar-refractivity contribution is 0.0926. The van der Waals surface area contributed by atoms with Crippen LogP contribution < -0.4 is 10.7 Å². The molecule has 1 saturated heterocycles. The lowest BCUT2D eigenvalue weighted by Gasteiger charge is -2.32. The molecule has 1 aromatic carbocycles. The number of likely N-dealkylation sites (tertiary alicyclic amines) is 1. The first-order valence-corrected chi connectivity index (χ1v) is 9.73. The predicted octanol–water partition coefficient (Wildman–Crippen LogP) is 2.77. The van der Waals surface area contributed by atoms with Gasteiger partial charge in [0, 0.05) is 31.7 Å². The number of furan rings is 1. The Hall–Kier alpha value is -2.86. The summed E-state index contributed by atoms with van der Waals surface area (Å²) in [6.07, 6.45) is 5.49. The smallest absolute Gasteiger partial charge is 0.256 e. The van der Waals surface area contributed by atoms with E-state index >= 15 is 0 Å². The molecule has 2 aromatic heterocycles. The number of carbonyl (C=O) groups is 1. The summed E-state index contributed by atoms with van der Waals surface area (Å²) in [5.74, 6) is 1.04. The lowest BCUT2D eigenvalue weighted by Crippen LogP contribution is -2.41. The minimum atomic E-state index is -0.297. The summed E-state index contributed by atoms with van der Waals surface area (Å²) < 4.78 is 7.27. The lowest BCUT2D eigenvalue weighted by atomic mass is 9.97. The molecule has 28 heavy (non-hydrogen) atoms. The summed E-state index contributed by atoms with van der Waals surface area (Å²) >= 11 is 0. The summed E-state index contributed by atoms with van der Waals surface area (Å²) in [7, 11) is 1.85. The molecular formula is C22H25N3O3. The Labute approximate surface area is 163 Å². The fourth-order valence-corrected chi connectivity index (χ4v) is 4.02. The number of pyridine rings is 1. The predicted molar refractivity (Wildman–Crippen MR) is 108 cm³/mol. The largest absolute Gasteiger partial charge is 0.468 e. The first-order valence-electron chi connectivity index (χ1n) is 9.73. The number of aromatic nitrogens is 1. The molecule has 0 unspecified atom stereocenters. The van der Waals surface area contributed by atoms with Crippen molar-refractivity contribution in [2.24, 2.45) is 13.0 Å². The Bertz CT molecular complexity index is 1020. The highest BCUT2D eigenvalue weighted by molar-refractivity contribution is 5.97. The Balaban J connectivity index is 1.41. The van der Waals surface area contributed by atoms with E-state index in [4.69, 9.17) is 4.42 Å². The van der Waals surface area contributed by atoms with E-state index in [1.807, 2.05) is 41.9 Å². The molecule has 6 heteroatoms. The van der Waals surface area contributed by atoms with Crippen LogP contribution in [0.15, 0.2) is 58.1 Å². The van der Waals surface area contributed by atoms with Gasteiger partial charge in [-0.25, -0.2) is 0 Å². The third-order valence-electron chi connectivity index (χ3n) is 5.45. The number of fused-ring (bicyclic) bond motifs is 1. The number of nitrogens with zero attached hydrogens (tertiary/aromatic N) is 2. The summed E-state index contributed by atoms with van der Waals surface area (Å²) in [6, 6.07) is 11.2. The quantitative estimate of drug-likeness (QED) is 0.740. The zero-order chi connectivity index (χ0) is 19.5. The van der Waals surface area contributed by atoms with Gasteiger partial charge >= 0.3 is 0 Å². The van der Waals surface area contributed by atoms with Crippen LogP contribution in [0.1, 0.15) is 29.0 Å². The highest BCUT2D eigenvalue weighted by Gasteiger charge is 2.22. The van der Waals surface area contributed by atoms with Crippen LogP contribution in [0, 0.1) is 5.92 Å². The van der Waals surface area contributed by atoms with Gasteiger partial charge < -0.3 is 14.3 Å². The van der Waals surface area contributed by atoms with E-state index in [0.717, 1.165) is 43.8 Å². The fourth-order valence-electron chi connectivity index (χ4n) is 4.02. The molecule has 0 aliphatic carbocycles. The number of piperidine rings is 1. The van der Waals surface area contributed by atoms with E-state index in [9.17, 15) is 9.59 Å². The number of amides is 1. The highest BCUT2D eigenvalue weighted by atomic mass is 16.3. The molecule has 3 aromatic rings. The Morgan fingerprint density at radius 1 is 1.25 bits per heavy atom. The SMILES string of the molecule is Cn1cc(C(=O)NC[C@@H]2CCCN(Cc3ccco3)C2)c(=O)c2ccccc21. The van der Waals surface area contributed by atoms with Gasteiger partial charge in [0.25, 0.3) is 5.91 Å². The monoisotopic (exact) mass is 379 g/mol. The highest BCUT2D eigenvalue weighted by Crippen LogP contribution is 2.18. The Morgan fingerprint density at radius 3 is 2.93 bits per heavy atom. The van der Waals surface area contributed by atoms with Crippen molar-refractivity contribution in [1.82, 2.24) is 14.8 Å². The standard InChI is InChI=1S/C22H25N3O3/c1-24-15-19(21(26)18-8-2-3-9-20(18)24)22(27)23-12-16-6-4-10-25(13-16)14-17-7-5-11-28-17/h2-3,5,7-9,11,15-16H,4,6,10,12-14H2,1H3,(H,23,27)/t16-/m0/s1. The maximum atomic E-state index is 12.7. The molecule has 4 rings (SSSR count). The molecular weight excluding hydrogens is 354 g/mol. The first kappa shape index (κ1) is 18.5. The number of benzene rings is 1. The number of hydrogen-bond acceptors (Lipinski definition) is 4. The van der Waals surface area contributed by atoms with Gasteiger partial charge in [-0.3, -0.25) is 14.5 Å². The topological polar surface area (TPSA) is 67.5 Å². The number of aryl methyl sites for hydroxylation is 1. The maximum Gasteiger partial charge on any atom is 0.256 e. The normalized spacial score (nSPS) is 17.7. The number of carbonyl (C=O) groups excluding carboxylic acids is 1. The van der Waals surface area contributed by atoms with E-state index in [1.54, 1.807) is 18.5 Å². The maximum absolute atomic E-state index is 12.7. The van der Waals surface area contributed by atoms with Crippen molar-refractivity contribution in [2.75, 3.05) is 19.6 Å². The molecule has 1 N–H and O–H groups in total. The fraction of sp³-hybridized carbons (Fsp3) is 0.364. The zero-order valence-corrected chi connectivity index (χ0v) is 16.1. The van der Waals surface area contributed by atoms with Crippen molar-refractivity contribution in [3.63, 3.8) is 0 Å². The Morgan fingerprint density at radius 2 is 2.11 bits per heavy atom. The molecule has 0 saturated carbocycles. The van der Waals surface area contributed by atoms with Gasteiger partial charge in [-0.2, -0.15) is 0 Å². The molecule has 1 aliphatic heterocycles. The summed E-state index contributed by atoms with van der Waals surface area (Å²) in [6.45, 7) is 3.32. The van der Waals surface area contributed by atoms with Gasteiger partial charge in [-0.15, -0.1) is 0 Å². The molecule has 0 bridgehead atoms. The number of para-hydroxylation sites is 1.